The highest BCUT2D eigenvalue weighted by Crippen LogP contribution is 2.61. The van der Waals surface area contributed by atoms with Gasteiger partial charge in [0.1, 0.15) is 5.75 Å². The van der Waals surface area contributed by atoms with Crippen LogP contribution in [-0.2, 0) is 29.1 Å². The molecule has 1 aromatic rings. The van der Waals surface area contributed by atoms with Gasteiger partial charge in [0.25, 0.3) is 0 Å². The Hall–Kier alpha value is -0.720. The Morgan fingerprint density at radius 2 is 1.83 bits per heavy atom. The van der Waals surface area contributed by atoms with Crippen molar-refractivity contribution in [3.05, 3.63) is 29.8 Å². The number of phenols is 1. The molecule has 0 saturated carbocycles. The van der Waals surface area contributed by atoms with E-state index in [4.69, 9.17) is 9.79 Å². The van der Waals surface area contributed by atoms with E-state index in [2.05, 4.69) is 13.4 Å². The molecule has 102 valence electrons. The fraction of sp³-hybridized carbons (Fsp3) is 0.250. The highest BCUT2D eigenvalue weighted by atomic mass is 31.3. The predicted octanol–water partition coefficient (Wildman–Crippen LogP) is 1.77. The minimum atomic E-state index is -5.01. The number of aromatic hydroxyl groups is 1. The van der Waals surface area contributed by atoms with Gasteiger partial charge >= 0.3 is 15.6 Å². The number of hydrogen-bond acceptors (Lipinski definition) is 6. The zero-order valence-electron chi connectivity index (χ0n) is 9.29. The summed E-state index contributed by atoms with van der Waals surface area (Å²) < 4.78 is 35.1. The molecule has 0 amide bonds. The number of para-hydroxylation sites is 1. The third-order valence-corrected chi connectivity index (χ3v) is 4.34. The van der Waals surface area contributed by atoms with Crippen LogP contribution in [-0.4, -0.2) is 22.0 Å². The van der Waals surface area contributed by atoms with Crippen molar-refractivity contribution in [2.24, 2.45) is 0 Å². The Morgan fingerprint density at radius 3 is 2.33 bits per heavy atom. The zero-order chi connectivity index (χ0) is 13.8. The molecule has 0 aromatic heterocycles. The number of hydrogen-bond donors (Lipinski definition) is 3. The van der Waals surface area contributed by atoms with E-state index in [1.165, 1.54) is 12.1 Å². The second-order valence-electron chi connectivity index (χ2n) is 3.10. The molecule has 1 atom stereocenters. The molecule has 18 heavy (non-hydrogen) atoms. The summed E-state index contributed by atoms with van der Waals surface area (Å²) in [5, 5.41) is 9.41. The van der Waals surface area contributed by atoms with E-state index in [0.717, 1.165) is 7.11 Å². The Bertz CT molecular complexity index is 496. The normalized spacial score (nSPS) is 15.3. The van der Waals surface area contributed by atoms with Gasteiger partial charge in [-0.05, 0) is 6.07 Å². The molecule has 8 nitrogen and oxygen atoms in total. The fourth-order valence-electron chi connectivity index (χ4n) is 1.02. The van der Waals surface area contributed by atoms with Crippen LogP contribution >= 0.6 is 15.6 Å². The third kappa shape index (κ3) is 4.88. The Balaban J connectivity index is 2.74. The number of rotatable bonds is 6. The van der Waals surface area contributed by atoms with Gasteiger partial charge in [0, 0.05) is 12.7 Å². The largest absolute Gasteiger partial charge is 0.508 e. The molecule has 0 bridgehead atoms. The Kier molecular flexibility index (Phi) is 5.07. The maximum Gasteiger partial charge on any atom is 0.483 e. The highest BCUT2D eigenvalue weighted by Gasteiger charge is 2.35. The van der Waals surface area contributed by atoms with Crippen LogP contribution in [0, 0.1) is 0 Å². The SMILES string of the molecule is COP(=O)(OCc1ccccc1O)OP(=O)(O)O. The second-order valence-corrected chi connectivity index (χ2v) is 6.26. The van der Waals surface area contributed by atoms with Gasteiger partial charge in [-0.1, -0.05) is 18.2 Å². The summed E-state index contributed by atoms with van der Waals surface area (Å²) in [5.41, 5.74) is 0.268. The summed E-state index contributed by atoms with van der Waals surface area (Å²) in [7, 11) is -8.48. The Labute approximate surface area is 103 Å². The van der Waals surface area contributed by atoms with Crippen LogP contribution in [0.4, 0.5) is 0 Å². The van der Waals surface area contributed by atoms with Crippen molar-refractivity contribution in [1.29, 1.82) is 0 Å². The maximum atomic E-state index is 11.6. The Morgan fingerprint density at radius 1 is 1.22 bits per heavy atom. The summed E-state index contributed by atoms with van der Waals surface area (Å²) in [6, 6.07) is 6.02. The van der Waals surface area contributed by atoms with Crippen molar-refractivity contribution in [1.82, 2.24) is 0 Å². The molecule has 1 aromatic carbocycles. The first-order valence-corrected chi connectivity index (χ1v) is 7.59. The molecule has 1 rings (SSSR count). The fourth-order valence-corrected chi connectivity index (χ4v) is 2.92. The maximum absolute atomic E-state index is 11.6. The van der Waals surface area contributed by atoms with Crippen molar-refractivity contribution in [2.75, 3.05) is 7.11 Å². The van der Waals surface area contributed by atoms with Crippen LogP contribution in [0.1, 0.15) is 5.56 Å². The first-order chi connectivity index (χ1) is 8.26. The molecule has 0 aliphatic carbocycles. The quantitative estimate of drug-likeness (QED) is 0.679. The standard InChI is InChI=1S/C8H12O8P2/c1-14-18(13,16-17(10,11)12)15-6-7-4-2-3-5-8(7)9/h2-5,9H,6H2,1H3,(H2,10,11,12). The summed E-state index contributed by atoms with van der Waals surface area (Å²) in [6.45, 7) is -0.391. The number of benzene rings is 1. The molecule has 0 fully saturated rings. The molecule has 0 aliphatic heterocycles. The molecular formula is C8H12O8P2. The lowest BCUT2D eigenvalue weighted by Gasteiger charge is -2.16. The van der Waals surface area contributed by atoms with E-state index < -0.39 is 22.3 Å². The van der Waals surface area contributed by atoms with Crippen molar-refractivity contribution in [3.8, 4) is 5.75 Å². The predicted molar refractivity (Wildman–Crippen MR) is 60.6 cm³/mol. The van der Waals surface area contributed by atoms with E-state index in [9.17, 15) is 14.2 Å². The molecule has 10 heteroatoms. The summed E-state index contributed by atoms with van der Waals surface area (Å²) in [5.74, 6) is -0.115. The smallest absolute Gasteiger partial charge is 0.483 e. The van der Waals surface area contributed by atoms with Gasteiger partial charge in [-0.15, -0.1) is 0 Å². The molecule has 0 heterocycles. The van der Waals surface area contributed by atoms with Gasteiger partial charge in [-0.3, -0.25) is 9.05 Å². The first kappa shape index (κ1) is 15.3. The molecule has 0 saturated heterocycles. The van der Waals surface area contributed by atoms with E-state index in [1.54, 1.807) is 12.1 Å². The van der Waals surface area contributed by atoms with Gasteiger partial charge < -0.3 is 14.9 Å². The molecule has 0 aliphatic rings. The van der Waals surface area contributed by atoms with Crippen LogP contribution in [0.15, 0.2) is 24.3 Å². The van der Waals surface area contributed by atoms with Gasteiger partial charge in [0.15, 0.2) is 0 Å². The van der Waals surface area contributed by atoms with Gasteiger partial charge in [0.05, 0.1) is 6.61 Å². The van der Waals surface area contributed by atoms with Crippen LogP contribution in [0.2, 0.25) is 0 Å². The average Bonchev–Trinajstić information content (AvgIpc) is 2.26. The highest BCUT2D eigenvalue weighted by molar-refractivity contribution is 7.61. The second kappa shape index (κ2) is 5.95. The number of phosphoric ester groups is 1. The molecule has 0 spiro atoms. The van der Waals surface area contributed by atoms with E-state index >= 15 is 0 Å². The van der Waals surface area contributed by atoms with Crippen molar-refractivity contribution in [3.63, 3.8) is 0 Å². The minimum Gasteiger partial charge on any atom is -0.508 e. The third-order valence-electron chi connectivity index (χ3n) is 1.80. The van der Waals surface area contributed by atoms with Crippen molar-refractivity contribution < 1.29 is 37.4 Å². The van der Waals surface area contributed by atoms with Crippen LogP contribution < -0.4 is 0 Å². The minimum absolute atomic E-state index is 0.115. The van der Waals surface area contributed by atoms with E-state index in [1.807, 2.05) is 0 Å². The summed E-state index contributed by atoms with van der Waals surface area (Å²) in [6.07, 6.45) is 0. The van der Waals surface area contributed by atoms with Crippen LogP contribution in [0.5, 0.6) is 5.75 Å². The summed E-state index contributed by atoms with van der Waals surface area (Å²) in [4.78, 5) is 17.1. The topological polar surface area (TPSA) is 123 Å². The summed E-state index contributed by atoms with van der Waals surface area (Å²) >= 11 is 0. The van der Waals surface area contributed by atoms with E-state index in [0.29, 0.717) is 0 Å². The van der Waals surface area contributed by atoms with Crippen molar-refractivity contribution in [2.45, 2.75) is 6.61 Å². The number of phosphoric acid groups is 2. The molecule has 1 unspecified atom stereocenters. The molecule has 3 N–H and O–H groups in total. The number of phenolic OH excluding ortho intramolecular Hbond substituents is 1. The lowest BCUT2D eigenvalue weighted by Crippen LogP contribution is -1.97. The molecule has 0 radical (unpaired) electrons. The van der Waals surface area contributed by atoms with Gasteiger partial charge in [-0.25, -0.2) is 9.13 Å². The average molecular weight is 298 g/mol. The van der Waals surface area contributed by atoms with Crippen LogP contribution in [0.25, 0.3) is 0 Å². The van der Waals surface area contributed by atoms with E-state index in [-0.39, 0.29) is 11.3 Å². The van der Waals surface area contributed by atoms with Crippen LogP contribution in [0.3, 0.4) is 0 Å². The lowest BCUT2D eigenvalue weighted by atomic mass is 10.2. The van der Waals surface area contributed by atoms with Gasteiger partial charge in [0.2, 0.25) is 0 Å². The van der Waals surface area contributed by atoms with Crippen molar-refractivity contribution >= 4 is 15.6 Å². The van der Waals surface area contributed by atoms with Gasteiger partial charge in [-0.2, -0.15) is 4.31 Å². The lowest BCUT2D eigenvalue weighted by molar-refractivity contribution is 0.152. The monoisotopic (exact) mass is 298 g/mol. The first-order valence-electron chi connectivity index (χ1n) is 4.60. The zero-order valence-corrected chi connectivity index (χ0v) is 11.1. The molecular weight excluding hydrogens is 286 g/mol.